The van der Waals surface area contributed by atoms with Gasteiger partial charge in [-0.25, -0.2) is 13.1 Å². The predicted molar refractivity (Wildman–Crippen MR) is 86.2 cm³/mol. The molecule has 0 saturated carbocycles. The van der Waals surface area contributed by atoms with Crippen molar-refractivity contribution < 1.29 is 13.2 Å². The maximum atomic E-state index is 12.1. The molecule has 1 unspecified atom stereocenters. The number of ether oxygens (including phenoxy) is 1. The number of nitrogens with one attached hydrogen (secondary N) is 2. The molecule has 0 bridgehead atoms. The molecule has 1 atom stereocenters. The minimum atomic E-state index is -3.28. The zero-order chi connectivity index (χ0) is 15.7. The second-order valence-electron chi connectivity index (χ2n) is 5.02. The Balaban J connectivity index is 2.46. The van der Waals surface area contributed by atoms with Crippen LogP contribution in [-0.4, -0.2) is 40.4 Å². The van der Waals surface area contributed by atoms with Gasteiger partial charge in [-0.3, -0.25) is 0 Å². The molecular formula is C15H26N2O3S. The van der Waals surface area contributed by atoms with Crippen molar-refractivity contribution in [2.75, 3.05) is 26.7 Å². The van der Waals surface area contributed by atoms with Gasteiger partial charge in [-0.15, -0.1) is 0 Å². The molecule has 0 aliphatic carbocycles. The average molecular weight is 314 g/mol. The molecule has 0 aromatic heterocycles. The van der Waals surface area contributed by atoms with E-state index in [1.165, 1.54) is 0 Å². The third-order valence-corrected chi connectivity index (χ3v) is 5.11. The number of methoxy groups -OCH3 is 1. The first-order chi connectivity index (χ1) is 10.0. The minimum absolute atomic E-state index is 0.376. The smallest absolute Gasteiger partial charge is 0.215 e. The van der Waals surface area contributed by atoms with Crippen LogP contribution in [0.1, 0.15) is 25.8 Å². The van der Waals surface area contributed by atoms with Gasteiger partial charge in [0.2, 0.25) is 10.0 Å². The third kappa shape index (κ3) is 6.03. The second kappa shape index (κ2) is 9.02. The van der Waals surface area contributed by atoms with Crippen molar-refractivity contribution in [1.82, 2.24) is 10.0 Å². The fourth-order valence-electron chi connectivity index (χ4n) is 1.97. The van der Waals surface area contributed by atoms with Gasteiger partial charge >= 0.3 is 0 Å². The Hall–Kier alpha value is -1.11. The Kier molecular flexibility index (Phi) is 7.71. The molecule has 0 radical (unpaired) electrons. The van der Waals surface area contributed by atoms with E-state index in [2.05, 4.69) is 17.0 Å². The summed E-state index contributed by atoms with van der Waals surface area (Å²) in [5.74, 6) is 0.786. The number of hydrogen-bond donors (Lipinski definition) is 2. The number of para-hydroxylation sites is 1. The average Bonchev–Trinajstić information content (AvgIpc) is 2.47. The van der Waals surface area contributed by atoms with E-state index < -0.39 is 15.3 Å². The molecule has 6 heteroatoms. The van der Waals surface area contributed by atoms with Crippen LogP contribution in [-0.2, 0) is 16.4 Å². The molecule has 1 aromatic carbocycles. The first-order valence-corrected chi connectivity index (χ1v) is 8.87. The lowest BCUT2D eigenvalue weighted by Crippen LogP contribution is -2.39. The fourth-order valence-corrected chi connectivity index (χ4v) is 2.98. The second-order valence-corrected chi connectivity index (χ2v) is 7.20. The van der Waals surface area contributed by atoms with Gasteiger partial charge in [-0.2, -0.15) is 0 Å². The lowest BCUT2D eigenvalue weighted by Gasteiger charge is -2.15. The molecule has 5 nitrogen and oxygen atoms in total. The zero-order valence-corrected chi connectivity index (χ0v) is 13.9. The molecule has 0 saturated heterocycles. The van der Waals surface area contributed by atoms with Gasteiger partial charge in [0.1, 0.15) is 5.75 Å². The lowest BCUT2D eigenvalue weighted by atomic mass is 10.1. The van der Waals surface area contributed by atoms with Crippen molar-refractivity contribution in [3.8, 4) is 5.75 Å². The quantitative estimate of drug-likeness (QED) is 0.643. The van der Waals surface area contributed by atoms with Gasteiger partial charge in [0, 0.05) is 13.1 Å². The van der Waals surface area contributed by atoms with E-state index in [1.54, 1.807) is 14.0 Å². The lowest BCUT2D eigenvalue weighted by molar-refractivity contribution is 0.409. The maximum absolute atomic E-state index is 12.1. The first kappa shape index (κ1) is 17.9. The number of rotatable bonds is 10. The van der Waals surface area contributed by atoms with Crippen molar-refractivity contribution in [2.24, 2.45) is 0 Å². The highest BCUT2D eigenvalue weighted by molar-refractivity contribution is 7.90. The molecule has 0 amide bonds. The van der Waals surface area contributed by atoms with Crippen molar-refractivity contribution >= 4 is 10.0 Å². The topological polar surface area (TPSA) is 67.4 Å². The van der Waals surface area contributed by atoms with Crippen LogP contribution in [0.5, 0.6) is 5.75 Å². The van der Waals surface area contributed by atoms with Gasteiger partial charge in [-0.1, -0.05) is 25.1 Å². The van der Waals surface area contributed by atoms with E-state index in [1.807, 2.05) is 24.3 Å². The number of hydrogen-bond acceptors (Lipinski definition) is 4. The summed E-state index contributed by atoms with van der Waals surface area (Å²) in [6.45, 7) is 5.45. The molecule has 21 heavy (non-hydrogen) atoms. The number of benzene rings is 1. The molecule has 0 heterocycles. The van der Waals surface area contributed by atoms with Gasteiger partial charge in [-0.05, 0) is 37.9 Å². The van der Waals surface area contributed by atoms with Crippen LogP contribution in [0.4, 0.5) is 0 Å². The first-order valence-electron chi connectivity index (χ1n) is 7.32. The standard InChI is InChI=1S/C15H26N2O3S/c1-4-10-16-12-13(2)21(18,19)17-11-9-14-7-5-6-8-15(14)20-3/h5-8,13,16-17H,4,9-12H2,1-3H3. The summed E-state index contributed by atoms with van der Waals surface area (Å²) in [6, 6.07) is 7.64. The van der Waals surface area contributed by atoms with Crippen LogP contribution in [0, 0.1) is 0 Å². The molecule has 1 rings (SSSR count). The Morgan fingerprint density at radius 2 is 1.95 bits per heavy atom. The van der Waals surface area contributed by atoms with E-state index >= 15 is 0 Å². The van der Waals surface area contributed by atoms with Gasteiger partial charge in [0.25, 0.3) is 0 Å². The summed E-state index contributed by atoms with van der Waals surface area (Å²) in [5.41, 5.74) is 1.000. The van der Waals surface area contributed by atoms with Crippen LogP contribution in [0.15, 0.2) is 24.3 Å². The molecule has 120 valence electrons. The summed E-state index contributed by atoms with van der Waals surface area (Å²) < 4.78 is 32.1. The largest absolute Gasteiger partial charge is 0.496 e. The predicted octanol–water partition coefficient (Wildman–Crippen LogP) is 1.55. The highest BCUT2D eigenvalue weighted by Gasteiger charge is 2.19. The van der Waals surface area contributed by atoms with Crippen molar-refractivity contribution in [2.45, 2.75) is 31.9 Å². The summed E-state index contributed by atoms with van der Waals surface area (Å²) in [5, 5.41) is 2.69. The van der Waals surface area contributed by atoms with Crippen LogP contribution in [0.25, 0.3) is 0 Å². The molecule has 0 spiro atoms. The van der Waals surface area contributed by atoms with Crippen molar-refractivity contribution in [3.63, 3.8) is 0 Å². The Bertz CT molecular complexity index is 517. The summed E-state index contributed by atoms with van der Waals surface area (Å²) in [4.78, 5) is 0. The molecule has 0 aliphatic heterocycles. The van der Waals surface area contributed by atoms with E-state index in [9.17, 15) is 8.42 Å². The van der Waals surface area contributed by atoms with Crippen molar-refractivity contribution in [1.29, 1.82) is 0 Å². The highest BCUT2D eigenvalue weighted by atomic mass is 32.2. The Morgan fingerprint density at radius 3 is 2.62 bits per heavy atom. The van der Waals surface area contributed by atoms with Crippen LogP contribution < -0.4 is 14.8 Å². The Labute approximate surface area is 128 Å². The normalized spacial score (nSPS) is 13.1. The monoisotopic (exact) mass is 314 g/mol. The fraction of sp³-hybridized carbons (Fsp3) is 0.600. The summed E-state index contributed by atoms with van der Waals surface area (Å²) in [7, 11) is -1.67. The molecule has 0 fully saturated rings. The van der Waals surface area contributed by atoms with Gasteiger partial charge in [0.15, 0.2) is 0 Å². The molecule has 0 aliphatic rings. The minimum Gasteiger partial charge on any atom is -0.496 e. The molecular weight excluding hydrogens is 288 g/mol. The Morgan fingerprint density at radius 1 is 1.24 bits per heavy atom. The van der Waals surface area contributed by atoms with Crippen LogP contribution in [0.3, 0.4) is 0 Å². The molecule has 1 aromatic rings. The van der Waals surface area contributed by atoms with Gasteiger partial charge in [0.05, 0.1) is 12.4 Å². The third-order valence-electron chi connectivity index (χ3n) is 3.28. The van der Waals surface area contributed by atoms with E-state index in [0.29, 0.717) is 19.5 Å². The number of sulfonamides is 1. The maximum Gasteiger partial charge on any atom is 0.215 e. The van der Waals surface area contributed by atoms with E-state index in [-0.39, 0.29) is 0 Å². The SMILES string of the molecule is CCCNCC(C)S(=O)(=O)NCCc1ccccc1OC. The zero-order valence-electron chi connectivity index (χ0n) is 13.1. The molecule has 2 N–H and O–H groups in total. The summed E-state index contributed by atoms with van der Waals surface area (Å²) >= 11 is 0. The van der Waals surface area contributed by atoms with Crippen LogP contribution in [0.2, 0.25) is 0 Å². The summed E-state index contributed by atoms with van der Waals surface area (Å²) in [6.07, 6.45) is 1.60. The van der Waals surface area contributed by atoms with E-state index in [0.717, 1.165) is 24.3 Å². The van der Waals surface area contributed by atoms with Gasteiger partial charge < -0.3 is 10.1 Å². The van der Waals surface area contributed by atoms with Crippen molar-refractivity contribution in [3.05, 3.63) is 29.8 Å². The van der Waals surface area contributed by atoms with Crippen LogP contribution >= 0.6 is 0 Å². The van der Waals surface area contributed by atoms with E-state index in [4.69, 9.17) is 4.74 Å². The highest BCUT2D eigenvalue weighted by Crippen LogP contribution is 2.17.